The molecule has 0 saturated carbocycles. The lowest BCUT2D eigenvalue weighted by Gasteiger charge is -2.16. The molecule has 1 fully saturated rings. The van der Waals surface area contributed by atoms with Gasteiger partial charge in [0.05, 0.1) is 4.90 Å². The molecule has 3 rings (SSSR count). The Labute approximate surface area is 159 Å². The molecular weight excluding hydrogens is 372 g/mol. The highest BCUT2D eigenvalue weighted by molar-refractivity contribution is 7.89. The minimum Gasteiger partial charge on any atom is -0.312 e. The summed E-state index contributed by atoms with van der Waals surface area (Å²) in [4.78, 5) is 13.6. The van der Waals surface area contributed by atoms with Crippen molar-refractivity contribution in [2.45, 2.75) is 30.6 Å². The number of sulfonamides is 1. The third-order valence-corrected chi connectivity index (χ3v) is 6.25. The van der Waals surface area contributed by atoms with Gasteiger partial charge in [-0.15, -0.1) is 0 Å². The van der Waals surface area contributed by atoms with Gasteiger partial charge in [-0.1, -0.05) is 29.8 Å². The van der Waals surface area contributed by atoms with Crippen LogP contribution in [0.5, 0.6) is 0 Å². The number of carbonyl (C=O) groups is 1. The van der Waals surface area contributed by atoms with Crippen LogP contribution in [0, 0.1) is 0 Å². The first-order chi connectivity index (χ1) is 12.5. The maximum atomic E-state index is 12.4. The van der Waals surface area contributed by atoms with Crippen molar-refractivity contribution in [3.63, 3.8) is 0 Å². The lowest BCUT2D eigenvalue weighted by Crippen LogP contribution is -2.26. The molecule has 1 aliphatic rings. The fourth-order valence-electron chi connectivity index (χ4n) is 3.00. The van der Waals surface area contributed by atoms with Gasteiger partial charge in [-0.05, 0) is 55.2 Å². The molecule has 1 aliphatic heterocycles. The lowest BCUT2D eigenvalue weighted by molar-refractivity contribution is -0.117. The summed E-state index contributed by atoms with van der Waals surface area (Å²) < 4.78 is 27.4. The van der Waals surface area contributed by atoms with Crippen LogP contribution in [0.25, 0.3) is 0 Å². The Morgan fingerprint density at radius 1 is 1.08 bits per heavy atom. The number of halogens is 1. The quantitative estimate of drug-likeness (QED) is 0.734. The van der Waals surface area contributed by atoms with Crippen LogP contribution < -0.4 is 9.62 Å². The van der Waals surface area contributed by atoms with Crippen molar-refractivity contribution in [1.82, 2.24) is 4.72 Å². The number of carbonyl (C=O) groups excluding carboxylic acids is 1. The molecule has 2 aromatic carbocycles. The van der Waals surface area contributed by atoms with Crippen LogP contribution in [0.2, 0.25) is 5.02 Å². The second kappa shape index (κ2) is 8.20. The van der Waals surface area contributed by atoms with E-state index in [4.69, 9.17) is 11.6 Å². The Kier molecular flexibility index (Phi) is 5.96. The largest absolute Gasteiger partial charge is 0.312 e. The maximum Gasteiger partial charge on any atom is 0.240 e. The third-order valence-electron chi connectivity index (χ3n) is 4.40. The Hall–Kier alpha value is -1.89. The molecule has 0 atom stereocenters. The van der Waals surface area contributed by atoms with Crippen molar-refractivity contribution in [3.8, 4) is 0 Å². The number of nitrogens with one attached hydrogen (secondary N) is 1. The van der Waals surface area contributed by atoms with Crippen LogP contribution >= 0.6 is 11.6 Å². The molecule has 1 saturated heterocycles. The summed E-state index contributed by atoms with van der Waals surface area (Å²) in [6.45, 7) is 1.02. The highest BCUT2D eigenvalue weighted by Crippen LogP contribution is 2.23. The second-order valence-corrected chi connectivity index (χ2v) is 8.41. The molecule has 26 heavy (non-hydrogen) atoms. The lowest BCUT2D eigenvalue weighted by atomic mass is 10.1. The Bertz CT molecular complexity index is 882. The van der Waals surface area contributed by atoms with Crippen LogP contribution in [0.1, 0.15) is 24.8 Å². The average Bonchev–Trinajstić information content (AvgIpc) is 3.06. The molecule has 1 N–H and O–H groups in total. The zero-order valence-corrected chi connectivity index (χ0v) is 15.9. The van der Waals surface area contributed by atoms with E-state index in [9.17, 15) is 13.2 Å². The predicted octanol–water partition coefficient (Wildman–Crippen LogP) is 3.38. The summed E-state index contributed by atoms with van der Waals surface area (Å²) in [5.41, 5.74) is 1.75. The molecule has 0 radical (unpaired) electrons. The Balaban J connectivity index is 1.56. The number of aryl methyl sites for hydroxylation is 1. The summed E-state index contributed by atoms with van der Waals surface area (Å²) in [6.07, 6.45) is 2.75. The minimum atomic E-state index is -3.57. The molecule has 5 nitrogen and oxygen atoms in total. The van der Waals surface area contributed by atoms with Gasteiger partial charge < -0.3 is 4.90 Å². The molecule has 7 heteroatoms. The summed E-state index contributed by atoms with van der Waals surface area (Å²) in [7, 11) is -3.57. The molecule has 0 aromatic heterocycles. The molecule has 2 aromatic rings. The van der Waals surface area contributed by atoms with E-state index in [-0.39, 0.29) is 10.8 Å². The second-order valence-electron chi connectivity index (χ2n) is 6.24. The Morgan fingerprint density at radius 3 is 2.46 bits per heavy atom. The van der Waals surface area contributed by atoms with Gasteiger partial charge in [-0.25, -0.2) is 13.1 Å². The van der Waals surface area contributed by atoms with Gasteiger partial charge in [0.25, 0.3) is 0 Å². The summed E-state index contributed by atoms with van der Waals surface area (Å²) >= 11 is 6.10. The number of anilines is 1. The molecule has 0 bridgehead atoms. The standard InChI is InChI=1S/C19H21ClN2O3S/c20-18-7-2-1-5-15(18)6-3-13-21-26(24,25)17-11-9-16(10-12-17)22-14-4-8-19(22)23/h1-2,5,7,9-12,21H,3-4,6,8,13-14H2. The average molecular weight is 393 g/mol. The topological polar surface area (TPSA) is 66.5 Å². The highest BCUT2D eigenvalue weighted by atomic mass is 35.5. The molecule has 1 heterocycles. The van der Waals surface area contributed by atoms with E-state index in [1.54, 1.807) is 17.0 Å². The number of benzene rings is 2. The smallest absolute Gasteiger partial charge is 0.240 e. The summed E-state index contributed by atoms with van der Waals surface area (Å²) in [5, 5.41) is 0.697. The molecule has 0 aliphatic carbocycles. The summed E-state index contributed by atoms with van der Waals surface area (Å²) in [5.74, 6) is 0.0818. The maximum absolute atomic E-state index is 12.4. The van der Waals surface area contributed by atoms with E-state index < -0.39 is 10.0 Å². The number of hydrogen-bond acceptors (Lipinski definition) is 3. The van der Waals surface area contributed by atoms with Gasteiger partial charge in [0.15, 0.2) is 0 Å². The van der Waals surface area contributed by atoms with Crippen molar-refractivity contribution < 1.29 is 13.2 Å². The van der Waals surface area contributed by atoms with Gasteiger partial charge in [0.1, 0.15) is 0 Å². The number of nitrogens with zero attached hydrogens (tertiary/aromatic N) is 1. The first kappa shape index (κ1) is 18.9. The first-order valence-corrected chi connectivity index (χ1v) is 10.5. The van der Waals surface area contributed by atoms with Crippen LogP contribution in [0.15, 0.2) is 53.4 Å². The predicted molar refractivity (Wildman–Crippen MR) is 103 cm³/mol. The van der Waals surface area contributed by atoms with Crippen molar-refractivity contribution in [2.24, 2.45) is 0 Å². The van der Waals surface area contributed by atoms with Gasteiger partial charge in [0, 0.05) is 30.2 Å². The van der Waals surface area contributed by atoms with Crippen molar-refractivity contribution >= 4 is 33.2 Å². The van der Waals surface area contributed by atoms with E-state index in [1.165, 1.54) is 12.1 Å². The van der Waals surface area contributed by atoms with Gasteiger partial charge in [0.2, 0.25) is 15.9 Å². The molecule has 138 valence electrons. The highest BCUT2D eigenvalue weighted by Gasteiger charge is 2.22. The van der Waals surface area contributed by atoms with Gasteiger partial charge in [-0.2, -0.15) is 0 Å². The molecular formula is C19H21ClN2O3S. The SMILES string of the molecule is O=C1CCCN1c1ccc(S(=O)(=O)NCCCc2ccccc2Cl)cc1. The first-order valence-electron chi connectivity index (χ1n) is 8.61. The zero-order chi connectivity index (χ0) is 18.6. The van der Waals surface area contributed by atoms with E-state index >= 15 is 0 Å². The van der Waals surface area contributed by atoms with Gasteiger partial charge in [-0.3, -0.25) is 4.79 Å². The van der Waals surface area contributed by atoms with Crippen molar-refractivity contribution in [3.05, 3.63) is 59.1 Å². The van der Waals surface area contributed by atoms with Crippen molar-refractivity contribution in [2.75, 3.05) is 18.0 Å². The van der Waals surface area contributed by atoms with Crippen LogP contribution in [-0.2, 0) is 21.2 Å². The zero-order valence-electron chi connectivity index (χ0n) is 14.3. The number of amides is 1. The fraction of sp³-hybridized carbons (Fsp3) is 0.316. The Morgan fingerprint density at radius 2 is 1.81 bits per heavy atom. The normalized spacial score (nSPS) is 14.8. The van der Waals surface area contributed by atoms with Gasteiger partial charge >= 0.3 is 0 Å². The number of hydrogen-bond donors (Lipinski definition) is 1. The molecule has 0 unspecified atom stereocenters. The fourth-order valence-corrected chi connectivity index (χ4v) is 4.30. The monoisotopic (exact) mass is 392 g/mol. The van der Waals surface area contributed by atoms with Crippen LogP contribution in [0.4, 0.5) is 5.69 Å². The van der Waals surface area contributed by atoms with Crippen molar-refractivity contribution in [1.29, 1.82) is 0 Å². The third kappa shape index (κ3) is 4.44. The number of rotatable bonds is 7. The van der Waals surface area contributed by atoms with E-state index in [0.29, 0.717) is 37.4 Å². The van der Waals surface area contributed by atoms with E-state index in [2.05, 4.69) is 4.72 Å². The summed E-state index contributed by atoms with van der Waals surface area (Å²) in [6, 6.07) is 14.0. The molecule has 1 amide bonds. The van der Waals surface area contributed by atoms with E-state index in [0.717, 1.165) is 17.7 Å². The van der Waals surface area contributed by atoms with E-state index in [1.807, 2.05) is 24.3 Å². The minimum absolute atomic E-state index is 0.0818. The van der Waals surface area contributed by atoms with Crippen LogP contribution in [0.3, 0.4) is 0 Å². The van der Waals surface area contributed by atoms with Crippen LogP contribution in [-0.4, -0.2) is 27.4 Å². The molecule has 0 spiro atoms.